The maximum absolute atomic E-state index is 12.3. The van der Waals surface area contributed by atoms with E-state index >= 15 is 0 Å². The number of ether oxygens (including phenoxy) is 4. The summed E-state index contributed by atoms with van der Waals surface area (Å²) in [5.74, 6) is 1.77. The zero-order valence-corrected chi connectivity index (χ0v) is 17.1. The first-order chi connectivity index (χ1) is 14.6. The Labute approximate surface area is 173 Å². The van der Waals surface area contributed by atoms with Gasteiger partial charge in [0.05, 0.1) is 40.3 Å². The fourth-order valence-corrected chi connectivity index (χ4v) is 2.75. The second-order valence-electron chi connectivity index (χ2n) is 6.05. The summed E-state index contributed by atoms with van der Waals surface area (Å²) in [4.78, 5) is 12.3. The van der Waals surface area contributed by atoms with Crippen LogP contribution in [0.3, 0.4) is 0 Å². The van der Waals surface area contributed by atoms with Crippen LogP contribution in [0, 0.1) is 0 Å². The van der Waals surface area contributed by atoms with Crippen LogP contribution in [0.4, 0.5) is 0 Å². The summed E-state index contributed by atoms with van der Waals surface area (Å²) < 4.78 is 21.0. The number of H-pyrrole nitrogens is 1. The van der Waals surface area contributed by atoms with Gasteiger partial charge in [0.1, 0.15) is 11.4 Å². The molecule has 0 aliphatic heterocycles. The summed E-state index contributed by atoms with van der Waals surface area (Å²) in [5, 5.41) is 10.9. The molecule has 156 valence electrons. The standard InChI is InChI=1S/C21H22N4O5/c1-27-15-7-5-14(6-8-15)16-11-17(24-23-16)21(26)25-22-12-13-9-18(28-2)20(30-4)19(10-13)29-3/h5-12H,1-4H3,(H,23,24)(H,25,26)/b22-12-. The number of aromatic nitrogens is 2. The van der Waals surface area contributed by atoms with Gasteiger partial charge in [-0.25, -0.2) is 5.43 Å². The van der Waals surface area contributed by atoms with Gasteiger partial charge in [0.25, 0.3) is 5.91 Å². The maximum atomic E-state index is 12.3. The van der Waals surface area contributed by atoms with Crippen molar-refractivity contribution in [3.63, 3.8) is 0 Å². The normalized spacial score (nSPS) is 10.7. The quantitative estimate of drug-likeness (QED) is 0.437. The molecule has 0 spiro atoms. The number of hydrogen-bond acceptors (Lipinski definition) is 7. The van der Waals surface area contributed by atoms with Crippen molar-refractivity contribution in [3.8, 4) is 34.3 Å². The van der Waals surface area contributed by atoms with Gasteiger partial charge in [0.2, 0.25) is 5.75 Å². The van der Waals surface area contributed by atoms with E-state index < -0.39 is 5.91 Å². The molecule has 9 heteroatoms. The van der Waals surface area contributed by atoms with Crippen molar-refractivity contribution in [2.24, 2.45) is 5.10 Å². The number of benzene rings is 2. The Kier molecular flexibility index (Phi) is 6.53. The van der Waals surface area contributed by atoms with Crippen LogP contribution in [0.1, 0.15) is 16.1 Å². The largest absolute Gasteiger partial charge is 0.497 e. The molecule has 1 amide bonds. The second-order valence-corrected chi connectivity index (χ2v) is 6.05. The molecule has 2 aromatic carbocycles. The summed E-state index contributed by atoms with van der Waals surface area (Å²) in [5.41, 5.74) is 4.89. The van der Waals surface area contributed by atoms with Crippen LogP contribution in [0.15, 0.2) is 47.6 Å². The third kappa shape index (κ3) is 4.52. The number of aromatic amines is 1. The van der Waals surface area contributed by atoms with Gasteiger partial charge in [-0.05, 0) is 42.5 Å². The molecule has 0 radical (unpaired) electrons. The lowest BCUT2D eigenvalue weighted by Crippen LogP contribution is -2.18. The van der Waals surface area contributed by atoms with E-state index in [1.54, 1.807) is 25.3 Å². The van der Waals surface area contributed by atoms with Crippen LogP contribution in [0.25, 0.3) is 11.3 Å². The Morgan fingerprint density at radius 2 is 1.63 bits per heavy atom. The van der Waals surface area contributed by atoms with Crippen molar-refractivity contribution in [3.05, 3.63) is 53.7 Å². The van der Waals surface area contributed by atoms with Crippen molar-refractivity contribution < 1.29 is 23.7 Å². The van der Waals surface area contributed by atoms with Crippen molar-refractivity contribution in [2.45, 2.75) is 0 Å². The van der Waals surface area contributed by atoms with Gasteiger partial charge in [-0.3, -0.25) is 9.89 Å². The number of carbonyl (C=O) groups excluding carboxylic acids is 1. The predicted molar refractivity (Wildman–Crippen MR) is 112 cm³/mol. The number of nitrogens with zero attached hydrogens (tertiary/aromatic N) is 2. The van der Waals surface area contributed by atoms with E-state index in [4.69, 9.17) is 18.9 Å². The molecule has 0 aliphatic carbocycles. The van der Waals surface area contributed by atoms with Crippen LogP contribution in [0.2, 0.25) is 0 Å². The van der Waals surface area contributed by atoms with E-state index in [9.17, 15) is 4.79 Å². The Morgan fingerprint density at radius 3 is 2.20 bits per heavy atom. The molecule has 0 fully saturated rings. The molecule has 0 atom stereocenters. The molecule has 1 aromatic heterocycles. The zero-order chi connectivity index (χ0) is 21.5. The minimum absolute atomic E-state index is 0.280. The summed E-state index contributed by atoms with van der Waals surface area (Å²) in [6, 6.07) is 12.4. The van der Waals surface area contributed by atoms with E-state index in [1.807, 2.05) is 24.3 Å². The Morgan fingerprint density at radius 1 is 0.967 bits per heavy atom. The molecule has 30 heavy (non-hydrogen) atoms. The lowest BCUT2D eigenvalue weighted by molar-refractivity contribution is 0.0950. The molecule has 0 bridgehead atoms. The van der Waals surface area contributed by atoms with E-state index in [0.717, 1.165) is 11.3 Å². The highest BCUT2D eigenvalue weighted by atomic mass is 16.5. The second kappa shape index (κ2) is 9.46. The zero-order valence-electron chi connectivity index (χ0n) is 17.1. The van der Waals surface area contributed by atoms with Crippen LogP contribution in [-0.4, -0.2) is 50.8 Å². The third-order valence-electron chi connectivity index (χ3n) is 4.28. The summed E-state index contributed by atoms with van der Waals surface area (Å²) in [6.07, 6.45) is 1.48. The molecular formula is C21H22N4O5. The summed E-state index contributed by atoms with van der Waals surface area (Å²) >= 11 is 0. The summed E-state index contributed by atoms with van der Waals surface area (Å²) in [7, 11) is 6.18. The smallest absolute Gasteiger partial charge is 0.289 e. The predicted octanol–water partition coefficient (Wildman–Crippen LogP) is 2.88. The van der Waals surface area contributed by atoms with Gasteiger partial charge in [0, 0.05) is 11.1 Å². The molecule has 9 nitrogen and oxygen atoms in total. The SMILES string of the molecule is COc1ccc(-c2cc(C(=O)N/N=C\c3cc(OC)c(OC)c(OC)c3)[nH]n2)cc1. The van der Waals surface area contributed by atoms with Crippen molar-refractivity contribution in [1.82, 2.24) is 15.6 Å². The first kappa shape index (κ1) is 20.7. The number of rotatable bonds is 8. The van der Waals surface area contributed by atoms with Gasteiger partial charge >= 0.3 is 0 Å². The monoisotopic (exact) mass is 410 g/mol. The Hall–Kier alpha value is -4.01. The van der Waals surface area contributed by atoms with Crippen molar-refractivity contribution in [2.75, 3.05) is 28.4 Å². The number of hydrogen-bond donors (Lipinski definition) is 2. The van der Waals surface area contributed by atoms with Crippen LogP contribution in [-0.2, 0) is 0 Å². The van der Waals surface area contributed by atoms with Gasteiger partial charge in [-0.2, -0.15) is 10.2 Å². The molecule has 1 heterocycles. The van der Waals surface area contributed by atoms with E-state index in [1.165, 1.54) is 27.5 Å². The highest BCUT2D eigenvalue weighted by Crippen LogP contribution is 2.37. The van der Waals surface area contributed by atoms with Crippen molar-refractivity contribution in [1.29, 1.82) is 0 Å². The summed E-state index contributed by atoms with van der Waals surface area (Å²) in [6.45, 7) is 0. The molecule has 0 aliphatic rings. The first-order valence-electron chi connectivity index (χ1n) is 8.92. The van der Waals surface area contributed by atoms with E-state index in [-0.39, 0.29) is 5.69 Å². The highest BCUT2D eigenvalue weighted by Gasteiger charge is 2.13. The molecule has 0 saturated carbocycles. The number of methoxy groups -OCH3 is 4. The molecule has 2 N–H and O–H groups in total. The minimum Gasteiger partial charge on any atom is -0.497 e. The van der Waals surface area contributed by atoms with Gasteiger partial charge in [0.15, 0.2) is 11.5 Å². The van der Waals surface area contributed by atoms with Gasteiger partial charge in [-0.15, -0.1) is 0 Å². The molecule has 3 aromatic rings. The van der Waals surface area contributed by atoms with E-state index in [2.05, 4.69) is 20.7 Å². The van der Waals surface area contributed by atoms with Crippen LogP contribution >= 0.6 is 0 Å². The molecule has 3 rings (SSSR count). The number of nitrogens with one attached hydrogen (secondary N) is 2. The lowest BCUT2D eigenvalue weighted by atomic mass is 10.1. The fraction of sp³-hybridized carbons (Fsp3) is 0.190. The average molecular weight is 410 g/mol. The molecular weight excluding hydrogens is 388 g/mol. The fourth-order valence-electron chi connectivity index (χ4n) is 2.75. The Bertz CT molecular complexity index is 1020. The molecule has 0 saturated heterocycles. The van der Waals surface area contributed by atoms with Crippen molar-refractivity contribution >= 4 is 12.1 Å². The lowest BCUT2D eigenvalue weighted by Gasteiger charge is -2.12. The number of amides is 1. The van der Waals surface area contributed by atoms with Crippen LogP contribution < -0.4 is 24.4 Å². The third-order valence-corrected chi connectivity index (χ3v) is 4.28. The Balaban J connectivity index is 1.70. The maximum Gasteiger partial charge on any atom is 0.289 e. The highest BCUT2D eigenvalue weighted by molar-refractivity contribution is 5.94. The van der Waals surface area contributed by atoms with E-state index in [0.29, 0.717) is 28.5 Å². The van der Waals surface area contributed by atoms with Gasteiger partial charge < -0.3 is 18.9 Å². The minimum atomic E-state index is -0.425. The number of carbonyl (C=O) groups is 1. The topological polar surface area (TPSA) is 107 Å². The average Bonchev–Trinajstić information content (AvgIpc) is 3.28. The number of hydrazone groups is 1. The first-order valence-corrected chi connectivity index (χ1v) is 8.92. The van der Waals surface area contributed by atoms with Gasteiger partial charge in [-0.1, -0.05) is 0 Å². The van der Waals surface area contributed by atoms with Crippen LogP contribution in [0.5, 0.6) is 23.0 Å². The molecule has 0 unspecified atom stereocenters.